The average molecular weight is 234 g/mol. The minimum atomic E-state index is -0.334. The van der Waals surface area contributed by atoms with Gasteiger partial charge in [-0.05, 0) is 43.2 Å². The minimum absolute atomic E-state index is 0.244. The molecule has 1 atom stereocenters. The Labute approximate surface area is 99.4 Å². The third-order valence-electron chi connectivity index (χ3n) is 2.74. The van der Waals surface area contributed by atoms with Crippen LogP contribution in [-0.2, 0) is 0 Å². The molecule has 2 aromatic rings. The monoisotopic (exact) mass is 234 g/mol. The number of halogens is 1. The average Bonchev–Trinajstić information content (AvgIpc) is 2.71. The van der Waals surface area contributed by atoms with Crippen LogP contribution in [0.2, 0.25) is 0 Å². The lowest BCUT2D eigenvalue weighted by molar-refractivity contribution is 0.434. The van der Waals surface area contributed by atoms with Gasteiger partial charge in [-0.1, -0.05) is 12.1 Å². The van der Waals surface area contributed by atoms with Crippen molar-refractivity contribution in [3.63, 3.8) is 0 Å². The number of hydrogen-bond acceptors (Lipinski definition) is 3. The first kappa shape index (κ1) is 11.8. The zero-order chi connectivity index (χ0) is 12.4. The number of nitrogens with two attached hydrogens (primary N) is 1. The predicted octanol–water partition coefficient (Wildman–Crippen LogP) is 2.59. The fraction of sp³-hybridized carbons (Fsp3) is 0.231. The quantitative estimate of drug-likeness (QED) is 0.634. The van der Waals surface area contributed by atoms with Crippen LogP contribution in [0, 0.1) is 19.7 Å². The molecular formula is C13H15FN2O. The van der Waals surface area contributed by atoms with E-state index in [1.165, 1.54) is 6.07 Å². The van der Waals surface area contributed by atoms with Gasteiger partial charge >= 0.3 is 0 Å². The second-order valence-electron chi connectivity index (χ2n) is 4.06. The lowest BCUT2D eigenvalue weighted by Crippen LogP contribution is -2.28. The van der Waals surface area contributed by atoms with E-state index >= 15 is 0 Å². The van der Waals surface area contributed by atoms with Gasteiger partial charge in [0, 0.05) is 0 Å². The predicted molar refractivity (Wildman–Crippen MR) is 63.7 cm³/mol. The Morgan fingerprint density at radius 2 is 2.00 bits per heavy atom. The molecule has 0 bridgehead atoms. The maximum atomic E-state index is 13.5. The van der Waals surface area contributed by atoms with Crippen molar-refractivity contribution in [2.45, 2.75) is 19.9 Å². The van der Waals surface area contributed by atoms with Gasteiger partial charge in [0.2, 0.25) is 0 Å². The summed E-state index contributed by atoms with van der Waals surface area (Å²) in [5.41, 5.74) is 3.99. The van der Waals surface area contributed by atoms with Gasteiger partial charge in [-0.2, -0.15) is 0 Å². The van der Waals surface area contributed by atoms with E-state index in [0.717, 1.165) is 11.3 Å². The maximum absolute atomic E-state index is 13.5. The summed E-state index contributed by atoms with van der Waals surface area (Å²) in [7, 11) is 0. The molecule has 90 valence electrons. The summed E-state index contributed by atoms with van der Waals surface area (Å²) in [6, 6.07) is 8.38. The Kier molecular flexibility index (Phi) is 3.26. The van der Waals surface area contributed by atoms with Crippen molar-refractivity contribution in [3.05, 3.63) is 58.8 Å². The largest absolute Gasteiger partial charge is 0.464 e. The van der Waals surface area contributed by atoms with Gasteiger partial charge < -0.3 is 4.42 Å². The first-order chi connectivity index (χ1) is 8.11. The summed E-state index contributed by atoms with van der Waals surface area (Å²) in [4.78, 5) is 0. The number of hydrogen-bond donors (Lipinski definition) is 2. The fourth-order valence-corrected chi connectivity index (χ4v) is 1.74. The van der Waals surface area contributed by atoms with Crippen LogP contribution in [0.1, 0.15) is 28.7 Å². The standard InChI is InChI=1S/C13H15FN2O/c1-8-3-5-10(7-11(8)14)13(16-15)12-6-4-9(2)17-12/h3-7,13,16H,15H2,1-2H3. The van der Waals surface area contributed by atoms with E-state index in [1.54, 1.807) is 13.0 Å². The molecule has 2 rings (SSSR count). The molecular weight excluding hydrogens is 219 g/mol. The van der Waals surface area contributed by atoms with Crippen molar-refractivity contribution < 1.29 is 8.81 Å². The maximum Gasteiger partial charge on any atom is 0.126 e. The molecule has 0 aliphatic heterocycles. The minimum Gasteiger partial charge on any atom is -0.464 e. The SMILES string of the molecule is Cc1ccc(C(NN)c2ccc(C)c(F)c2)o1. The number of nitrogens with one attached hydrogen (secondary N) is 1. The van der Waals surface area contributed by atoms with E-state index < -0.39 is 0 Å². The van der Waals surface area contributed by atoms with E-state index in [0.29, 0.717) is 11.3 Å². The number of hydrazine groups is 1. The topological polar surface area (TPSA) is 51.2 Å². The fourth-order valence-electron chi connectivity index (χ4n) is 1.74. The second-order valence-corrected chi connectivity index (χ2v) is 4.06. The number of benzene rings is 1. The number of aryl methyl sites for hydroxylation is 2. The van der Waals surface area contributed by atoms with Gasteiger partial charge in [0.25, 0.3) is 0 Å². The molecule has 3 N–H and O–H groups in total. The molecule has 1 aromatic heterocycles. The number of furan rings is 1. The van der Waals surface area contributed by atoms with Crippen molar-refractivity contribution >= 4 is 0 Å². The van der Waals surface area contributed by atoms with Gasteiger partial charge in [-0.15, -0.1) is 0 Å². The second kappa shape index (κ2) is 4.69. The molecule has 0 aliphatic carbocycles. The van der Waals surface area contributed by atoms with Gasteiger partial charge in [0.1, 0.15) is 23.4 Å². The first-order valence-electron chi connectivity index (χ1n) is 5.40. The third kappa shape index (κ3) is 2.38. The lowest BCUT2D eigenvalue weighted by atomic mass is 10.0. The highest BCUT2D eigenvalue weighted by Crippen LogP contribution is 2.24. The van der Waals surface area contributed by atoms with E-state index in [1.807, 2.05) is 25.1 Å². The molecule has 1 aromatic carbocycles. The summed E-state index contributed by atoms with van der Waals surface area (Å²) in [5, 5.41) is 0. The Morgan fingerprint density at radius 1 is 1.24 bits per heavy atom. The Bertz CT molecular complexity index is 522. The molecule has 0 radical (unpaired) electrons. The van der Waals surface area contributed by atoms with Gasteiger partial charge in [-0.25, -0.2) is 9.82 Å². The van der Waals surface area contributed by atoms with Crippen molar-refractivity contribution in [2.75, 3.05) is 0 Å². The summed E-state index contributed by atoms with van der Waals surface area (Å²) in [5.74, 6) is 6.73. The van der Waals surface area contributed by atoms with Gasteiger partial charge in [0.05, 0.1) is 0 Å². The molecule has 0 fully saturated rings. The van der Waals surface area contributed by atoms with Crippen LogP contribution in [0.3, 0.4) is 0 Å². The molecule has 3 nitrogen and oxygen atoms in total. The van der Waals surface area contributed by atoms with Crippen LogP contribution < -0.4 is 11.3 Å². The van der Waals surface area contributed by atoms with Crippen LogP contribution in [0.25, 0.3) is 0 Å². The summed E-state index contributed by atoms with van der Waals surface area (Å²) < 4.78 is 19.0. The van der Waals surface area contributed by atoms with Crippen molar-refractivity contribution in [1.82, 2.24) is 5.43 Å². The van der Waals surface area contributed by atoms with Crippen molar-refractivity contribution in [1.29, 1.82) is 0 Å². The van der Waals surface area contributed by atoms with E-state index in [-0.39, 0.29) is 11.9 Å². The Morgan fingerprint density at radius 3 is 2.53 bits per heavy atom. The van der Waals surface area contributed by atoms with E-state index in [2.05, 4.69) is 5.43 Å². The van der Waals surface area contributed by atoms with Crippen LogP contribution in [0.4, 0.5) is 4.39 Å². The molecule has 4 heteroatoms. The van der Waals surface area contributed by atoms with Crippen molar-refractivity contribution in [3.8, 4) is 0 Å². The zero-order valence-corrected chi connectivity index (χ0v) is 9.83. The highest BCUT2D eigenvalue weighted by atomic mass is 19.1. The van der Waals surface area contributed by atoms with Crippen LogP contribution in [0.15, 0.2) is 34.7 Å². The highest BCUT2D eigenvalue weighted by Gasteiger charge is 2.16. The lowest BCUT2D eigenvalue weighted by Gasteiger charge is -2.14. The Balaban J connectivity index is 2.38. The molecule has 0 saturated carbocycles. The third-order valence-corrected chi connectivity index (χ3v) is 2.74. The smallest absolute Gasteiger partial charge is 0.126 e. The zero-order valence-electron chi connectivity index (χ0n) is 9.83. The summed E-state index contributed by atoms with van der Waals surface area (Å²) in [6.07, 6.45) is 0. The van der Waals surface area contributed by atoms with Crippen molar-refractivity contribution in [2.24, 2.45) is 5.84 Å². The summed E-state index contributed by atoms with van der Waals surface area (Å²) in [6.45, 7) is 3.58. The van der Waals surface area contributed by atoms with Crippen LogP contribution in [0.5, 0.6) is 0 Å². The van der Waals surface area contributed by atoms with Crippen LogP contribution >= 0.6 is 0 Å². The molecule has 1 unspecified atom stereocenters. The Hall–Kier alpha value is -1.65. The summed E-state index contributed by atoms with van der Waals surface area (Å²) >= 11 is 0. The molecule has 0 spiro atoms. The van der Waals surface area contributed by atoms with E-state index in [4.69, 9.17) is 10.3 Å². The first-order valence-corrected chi connectivity index (χ1v) is 5.40. The molecule has 1 heterocycles. The van der Waals surface area contributed by atoms with Gasteiger partial charge in [0.15, 0.2) is 0 Å². The number of rotatable bonds is 3. The van der Waals surface area contributed by atoms with Crippen LogP contribution in [-0.4, -0.2) is 0 Å². The normalized spacial score (nSPS) is 12.7. The molecule has 17 heavy (non-hydrogen) atoms. The van der Waals surface area contributed by atoms with Gasteiger partial charge in [-0.3, -0.25) is 5.84 Å². The highest BCUT2D eigenvalue weighted by molar-refractivity contribution is 5.30. The molecule has 0 amide bonds. The van der Waals surface area contributed by atoms with E-state index in [9.17, 15) is 4.39 Å². The molecule has 0 saturated heterocycles. The molecule has 0 aliphatic rings.